The number of hydrogen-bond donors (Lipinski definition) is 1. The number of hydrogen-bond acceptors (Lipinski definition) is 3. The first kappa shape index (κ1) is 19.3. The largest absolute Gasteiger partial charge is 0.507 e. The SMILES string of the molecule is C[C@@H]1CN(Cc2cc(C(C)(C)C)cc(C(C)(C)C)c2O)C[C@H](C)O1. The van der Waals surface area contributed by atoms with Crippen LogP contribution in [-0.2, 0) is 22.1 Å². The van der Waals surface area contributed by atoms with Crippen LogP contribution in [0.3, 0.4) is 0 Å². The Hall–Kier alpha value is -1.06. The van der Waals surface area contributed by atoms with Crippen molar-refractivity contribution in [1.29, 1.82) is 0 Å². The molecule has 0 aliphatic carbocycles. The normalized spacial score (nSPS) is 23.5. The van der Waals surface area contributed by atoms with Crippen molar-refractivity contribution in [2.24, 2.45) is 0 Å². The third-order valence-corrected chi connectivity index (χ3v) is 4.75. The zero-order valence-corrected chi connectivity index (χ0v) is 16.7. The van der Waals surface area contributed by atoms with Gasteiger partial charge in [-0.25, -0.2) is 0 Å². The lowest BCUT2D eigenvalue weighted by Gasteiger charge is -2.36. The van der Waals surface area contributed by atoms with Crippen LogP contribution in [0.4, 0.5) is 0 Å². The second kappa shape index (κ2) is 6.68. The Bertz CT molecular complexity index is 571. The van der Waals surface area contributed by atoms with Crippen molar-refractivity contribution >= 4 is 0 Å². The van der Waals surface area contributed by atoms with E-state index in [0.29, 0.717) is 5.75 Å². The number of ether oxygens (including phenoxy) is 1. The van der Waals surface area contributed by atoms with E-state index in [2.05, 4.69) is 72.4 Å². The van der Waals surface area contributed by atoms with Gasteiger partial charge < -0.3 is 9.84 Å². The molecule has 1 heterocycles. The molecule has 0 radical (unpaired) electrons. The standard InChI is InChI=1S/C21H35NO2/c1-14-11-22(12-15(2)24-14)13-16-9-17(20(3,4)5)10-18(19(16)23)21(6,7)8/h9-10,14-15,23H,11-13H2,1-8H3/t14-,15+. The maximum Gasteiger partial charge on any atom is 0.123 e. The second-order valence-corrected chi connectivity index (χ2v) is 9.48. The van der Waals surface area contributed by atoms with Gasteiger partial charge in [-0.15, -0.1) is 0 Å². The number of benzene rings is 1. The molecular weight excluding hydrogens is 298 g/mol. The van der Waals surface area contributed by atoms with E-state index in [1.807, 2.05) is 0 Å². The molecule has 1 fully saturated rings. The van der Waals surface area contributed by atoms with Crippen molar-refractivity contribution in [1.82, 2.24) is 4.90 Å². The smallest absolute Gasteiger partial charge is 0.123 e. The molecule has 0 bridgehead atoms. The number of phenolic OH excluding ortho intramolecular Hbond substituents is 1. The van der Waals surface area contributed by atoms with E-state index < -0.39 is 0 Å². The van der Waals surface area contributed by atoms with Crippen molar-refractivity contribution in [3.8, 4) is 5.75 Å². The molecule has 1 aromatic rings. The molecule has 0 unspecified atom stereocenters. The molecule has 1 aliphatic heterocycles. The minimum Gasteiger partial charge on any atom is -0.507 e. The molecule has 2 atom stereocenters. The fourth-order valence-corrected chi connectivity index (χ4v) is 3.47. The summed E-state index contributed by atoms with van der Waals surface area (Å²) in [5.41, 5.74) is 3.35. The second-order valence-electron chi connectivity index (χ2n) is 9.48. The number of nitrogens with zero attached hydrogens (tertiary/aromatic N) is 1. The predicted octanol–water partition coefficient (Wildman–Crippen LogP) is 4.60. The van der Waals surface area contributed by atoms with Crippen molar-refractivity contribution in [2.45, 2.75) is 85.0 Å². The lowest BCUT2D eigenvalue weighted by atomic mass is 9.79. The van der Waals surface area contributed by atoms with Gasteiger partial charge in [0.25, 0.3) is 0 Å². The van der Waals surface area contributed by atoms with Crippen LogP contribution in [0.1, 0.15) is 72.1 Å². The lowest BCUT2D eigenvalue weighted by Crippen LogP contribution is -2.44. The van der Waals surface area contributed by atoms with Crippen LogP contribution in [0.15, 0.2) is 12.1 Å². The van der Waals surface area contributed by atoms with Gasteiger partial charge >= 0.3 is 0 Å². The first-order valence-electron chi connectivity index (χ1n) is 9.12. The summed E-state index contributed by atoms with van der Waals surface area (Å²) in [6.45, 7) is 20.0. The Morgan fingerprint density at radius 1 is 1.00 bits per heavy atom. The fourth-order valence-electron chi connectivity index (χ4n) is 3.47. The average molecular weight is 334 g/mol. The first-order chi connectivity index (χ1) is 10.9. The van der Waals surface area contributed by atoms with Gasteiger partial charge in [-0.2, -0.15) is 0 Å². The van der Waals surface area contributed by atoms with Gasteiger partial charge in [0.05, 0.1) is 12.2 Å². The minimum absolute atomic E-state index is 0.0635. The third kappa shape index (κ3) is 4.52. The van der Waals surface area contributed by atoms with E-state index in [-0.39, 0.29) is 23.0 Å². The van der Waals surface area contributed by atoms with E-state index in [4.69, 9.17) is 4.74 Å². The van der Waals surface area contributed by atoms with Crippen molar-refractivity contribution in [2.75, 3.05) is 13.1 Å². The molecule has 1 saturated heterocycles. The van der Waals surface area contributed by atoms with Gasteiger partial charge in [-0.1, -0.05) is 53.7 Å². The zero-order chi connectivity index (χ0) is 18.3. The Morgan fingerprint density at radius 3 is 2.00 bits per heavy atom. The Balaban J connectivity index is 2.41. The summed E-state index contributed by atoms with van der Waals surface area (Å²) in [4.78, 5) is 2.40. The quantitative estimate of drug-likeness (QED) is 0.859. The van der Waals surface area contributed by atoms with Crippen molar-refractivity contribution in [3.05, 3.63) is 28.8 Å². The van der Waals surface area contributed by atoms with Crippen LogP contribution in [0.5, 0.6) is 5.75 Å². The Labute approximate surface area is 148 Å². The Kier molecular flexibility index (Phi) is 5.37. The average Bonchev–Trinajstić information content (AvgIpc) is 2.37. The summed E-state index contributed by atoms with van der Waals surface area (Å²) in [5, 5.41) is 10.9. The van der Waals surface area contributed by atoms with Crippen LogP contribution >= 0.6 is 0 Å². The van der Waals surface area contributed by atoms with Gasteiger partial charge in [-0.05, 0) is 35.8 Å². The highest BCUT2D eigenvalue weighted by Gasteiger charge is 2.27. The molecular formula is C21H35NO2. The van der Waals surface area contributed by atoms with E-state index in [0.717, 1.165) is 30.8 Å². The summed E-state index contributed by atoms with van der Waals surface area (Å²) >= 11 is 0. The molecule has 3 nitrogen and oxygen atoms in total. The van der Waals surface area contributed by atoms with E-state index >= 15 is 0 Å². The molecule has 3 heteroatoms. The van der Waals surface area contributed by atoms with Crippen molar-refractivity contribution < 1.29 is 9.84 Å². The van der Waals surface area contributed by atoms with Crippen molar-refractivity contribution in [3.63, 3.8) is 0 Å². The molecule has 0 spiro atoms. The summed E-state index contributed by atoms with van der Waals surface area (Å²) < 4.78 is 5.84. The number of aromatic hydroxyl groups is 1. The van der Waals surface area contributed by atoms with Gasteiger partial charge in [0.1, 0.15) is 5.75 Å². The highest BCUT2D eigenvalue weighted by Crippen LogP contribution is 2.38. The summed E-state index contributed by atoms with van der Waals surface area (Å²) in [6, 6.07) is 4.37. The molecule has 136 valence electrons. The van der Waals surface area contributed by atoms with Gasteiger partial charge in [0.15, 0.2) is 0 Å². The summed E-state index contributed by atoms with van der Waals surface area (Å²) in [7, 11) is 0. The third-order valence-electron chi connectivity index (χ3n) is 4.75. The summed E-state index contributed by atoms with van der Waals surface area (Å²) in [6.07, 6.45) is 0.479. The number of rotatable bonds is 2. The predicted molar refractivity (Wildman–Crippen MR) is 101 cm³/mol. The van der Waals surface area contributed by atoms with Crippen LogP contribution in [-0.4, -0.2) is 35.3 Å². The monoisotopic (exact) mass is 333 g/mol. The lowest BCUT2D eigenvalue weighted by molar-refractivity contribution is -0.0706. The minimum atomic E-state index is -0.0777. The van der Waals surface area contributed by atoms with E-state index in [9.17, 15) is 5.11 Å². The molecule has 1 aromatic carbocycles. The molecule has 2 rings (SSSR count). The maximum absolute atomic E-state index is 10.9. The maximum atomic E-state index is 10.9. The fraction of sp³-hybridized carbons (Fsp3) is 0.714. The van der Waals surface area contributed by atoms with Gasteiger partial charge in [-0.3, -0.25) is 4.90 Å². The Morgan fingerprint density at radius 2 is 1.54 bits per heavy atom. The summed E-state index contributed by atoms with van der Waals surface area (Å²) in [5.74, 6) is 0.460. The highest BCUT2D eigenvalue weighted by molar-refractivity contribution is 5.48. The molecule has 1 aliphatic rings. The number of phenols is 1. The molecule has 24 heavy (non-hydrogen) atoms. The molecule has 0 aromatic heterocycles. The van der Waals surface area contributed by atoms with Crippen LogP contribution in [0, 0.1) is 0 Å². The van der Waals surface area contributed by atoms with Gasteiger partial charge in [0.2, 0.25) is 0 Å². The van der Waals surface area contributed by atoms with E-state index in [1.54, 1.807) is 0 Å². The number of morpholine rings is 1. The van der Waals surface area contributed by atoms with Crippen LogP contribution in [0.2, 0.25) is 0 Å². The topological polar surface area (TPSA) is 32.7 Å². The van der Waals surface area contributed by atoms with E-state index in [1.165, 1.54) is 5.56 Å². The van der Waals surface area contributed by atoms with Crippen LogP contribution < -0.4 is 0 Å². The molecule has 1 N–H and O–H groups in total. The van der Waals surface area contributed by atoms with Crippen LogP contribution in [0.25, 0.3) is 0 Å². The van der Waals surface area contributed by atoms with Gasteiger partial charge in [0, 0.05) is 25.2 Å². The molecule has 0 saturated carbocycles. The molecule has 0 amide bonds. The highest BCUT2D eigenvalue weighted by atomic mass is 16.5. The zero-order valence-electron chi connectivity index (χ0n) is 16.7. The first-order valence-corrected chi connectivity index (χ1v) is 9.12.